The van der Waals surface area contributed by atoms with Crippen LogP contribution in [0.3, 0.4) is 0 Å². The van der Waals surface area contributed by atoms with Crippen molar-refractivity contribution in [3.63, 3.8) is 0 Å². The first-order valence-corrected chi connectivity index (χ1v) is 8.23. The molecule has 1 fully saturated rings. The molecule has 0 aromatic heterocycles. The highest BCUT2D eigenvalue weighted by molar-refractivity contribution is 7.89. The van der Waals surface area contributed by atoms with Crippen molar-refractivity contribution in [2.24, 2.45) is 0 Å². The number of nitrogens with zero attached hydrogens (tertiary/aromatic N) is 1. The molecule has 0 radical (unpaired) electrons. The summed E-state index contributed by atoms with van der Waals surface area (Å²) in [5.74, 6) is -0.621. The van der Waals surface area contributed by atoms with E-state index >= 15 is 0 Å². The minimum atomic E-state index is -3.83. The van der Waals surface area contributed by atoms with E-state index in [0.717, 1.165) is 9.87 Å². The molecule has 2 atom stereocenters. The SMILES string of the molecule is CCOC(=O)[C@H]1CC(O)CN1S(=O)(=O)c1ccc(C)cc1. The van der Waals surface area contributed by atoms with Gasteiger partial charge in [0.25, 0.3) is 0 Å². The maximum absolute atomic E-state index is 12.6. The molecule has 6 nitrogen and oxygen atoms in total. The van der Waals surface area contributed by atoms with Gasteiger partial charge in [-0.25, -0.2) is 8.42 Å². The summed E-state index contributed by atoms with van der Waals surface area (Å²) in [5, 5.41) is 9.73. The number of carbonyl (C=O) groups is 1. The topological polar surface area (TPSA) is 83.9 Å². The Labute approximate surface area is 124 Å². The van der Waals surface area contributed by atoms with Crippen LogP contribution in [0.4, 0.5) is 0 Å². The molecule has 1 N–H and O–H groups in total. The van der Waals surface area contributed by atoms with Crippen LogP contribution in [0.25, 0.3) is 0 Å². The third-order valence-corrected chi connectivity index (χ3v) is 5.31. The van der Waals surface area contributed by atoms with Crippen molar-refractivity contribution in [2.45, 2.75) is 37.3 Å². The van der Waals surface area contributed by atoms with Crippen molar-refractivity contribution in [3.05, 3.63) is 29.8 Å². The Morgan fingerprint density at radius 3 is 2.57 bits per heavy atom. The van der Waals surface area contributed by atoms with Gasteiger partial charge in [0.05, 0.1) is 17.6 Å². The molecular formula is C14H19NO5S. The fraction of sp³-hybridized carbons (Fsp3) is 0.500. The quantitative estimate of drug-likeness (QED) is 0.827. The number of sulfonamides is 1. The molecule has 1 unspecified atom stereocenters. The summed E-state index contributed by atoms with van der Waals surface area (Å²) in [7, 11) is -3.83. The van der Waals surface area contributed by atoms with Crippen LogP contribution in [0.2, 0.25) is 0 Å². The summed E-state index contributed by atoms with van der Waals surface area (Å²) in [4.78, 5) is 12.0. The highest BCUT2D eigenvalue weighted by Crippen LogP contribution is 2.27. The fourth-order valence-electron chi connectivity index (χ4n) is 2.35. The second-order valence-electron chi connectivity index (χ2n) is 5.05. The zero-order valence-corrected chi connectivity index (χ0v) is 12.8. The summed E-state index contributed by atoms with van der Waals surface area (Å²) in [5.41, 5.74) is 0.942. The molecule has 0 spiro atoms. The lowest BCUT2D eigenvalue weighted by molar-refractivity contribution is -0.147. The first kappa shape index (κ1) is 15.9. The number of esters is 1. The number of carbonyl (C=O) groups excluding carboxylic acids is 1. The van der Waals surface area contributed by atoms with Crippen LogP contribution >= 0.6 is 0 Å². The number of rotatable bonds is 4. The number of aliphatic hydroxyl groups is 1. The molecule has 0 bridgehead atoms. The van der Waals surface area contributed by atoms with Crippen LogP contribution in [0, 0.1) is 6.92 Å². The Kier molecular flexibility index (Phi) is 4.65. The van der Waals surface area contributed by atoms with Gasteiger partial charge in [0.1, 0.15) is 6.04 Å². The van der Waals surface area contributed by atoms with Crippen molar-refractivity contribution in [1.82, 2.24) is 4.31 Å². The third-order valence-electron chi connectivity index (χ3n) is 3.42. The predicted molar refractivity (Wildman–Crippen MR) is 76.1 cm³/mol. The van der Waals surface area contributed by atoms with Gasteiger partial charge in [0.15, 0.2) is 0 Å². The minimum absolute atomic E-state index is 0.0594. The van der Waals surface area contributed by atoms with E-state index in [0.29, 0.717) is 0 Å². The lowest BCUT2D eigenvalue weighted by Crippen LogP contribution is -2.41. The van der Waals surface area contributed by atoms with Crippen molar-refractivity contribution >= 4 is 16.0 Å². The van der Waals surface area contributed by atoms with Crippen molar-refractivity contribution < 1.29 is 23.1 Å². The summed E-state index contributed by atoms with van der Waals surface area (Å²) >= 11 is 0. The Morgan fingerprint density at radius 2 is 2.00 bits per heavy atom. The van der Waals surface area contributed by atoms with E-state index in [-0.39, 0.29) is 24.5 Å². The fourth-order valence-corrected chi connectivity index (χ4v) is 3.97. The van der Waals surface area contributed by atoms with Gasteiger partial charge in [-0.15, -0.1) is 0 Å². The summed E-state index contributed by atoms with van der Waals surface area (Å²) < 4.78 is 31.2. The highest BCUT2D eigenvalue weighted by Gasteiger charge is 2.44. The highest BCUT2D eigenvalue weighted by atomic mass is 32.2. The molecule has 1 aromatic rings. The number of ether oxygens (including phenoxy) is 1. The molecule has 0 amide bonds. The Hall–Kier alpha value is -1.44. The molecule has 116 valence electrons. The van der Waals surface area contributed by atoms with E-state index in [9.17, 15) is 18.3 Å². The summed E-state index contributed by atoms with van der Waals surface area (Å²) in [6, 6.07) is 5.42. The molecule has 21 heavy (non-hydrogen) atoms. The Bertz CT molecular complexity index is 611. The number of aryl methyl sites for hydroxylation is 1. The van der Waals surface area contributed by atoms with E-state index in [1.165, 1.54) is 12.1 Å². The van der Waals surface area contributed by atoms with E-state index in [2.05, 4.69) is 0 Å². The molecule has 1 aliphatic rings. The summed E-state index contributed by atoms with van der Waals surface area (Å²) in [6.45, 7) is 3.59. The molecule has 7 heteroatoms. The van der Waals surface area contributed by atoms with Gasteiger partial charge in [0, 0.05) is 13.0 Å². The van der Waals surface area contributed by atoms with Gasteiger partial charge in [-0.2, -0.15) is 4.31 Å². The molecule has 0 aliphatic carbocycles. The Morgan fingerprint density at radius 1 is 1.38 bits per heavy atom. The first-order valence-electron chi connectivity index (χ1n) is 6.79. The lowest BCUT2D eigenvalue weighted by Gasteiger charge is -2.22. The van der Waals surface area contributed by atoms with E-state index in [1.54, 1.807) is 19.1 Å². The van der Waals surface area contributed by atoms with Crippen LogP contribution in [0.1, 0.15) is 18.9 Å². The normalized spacial score (nSPS) is 23.2. The average Bonchev–Trinajstić information content (AvgIpc) is 2.82. The number of aliphatic hydroxyl groups excluding tert-OH is 1. The third kappa shape index (κ3) is 3.25. The standard InChI is InChI=1S/C14H19NO5S/c1-3-20-14(17)13-8-11(16)9-15(13)21(18,19)12-6-4-10(2)5-7-12/h4-7,11,13,16H,3,8-9H2,1-2H3/t11?,13-/m1/s1. The minimum Gasteiger partial charge on any atom is -0.465 e. The second-order valence-corrected chi connectivity index (χ2v) is 6.94. The monoisotopic (exact) mass is 313 g/mol. The molecule has 1 aromatic carbocycles. The average molecular weight is 313 g/mol. The van der Waals surface area contributed by atoms with Crippen molar-refractivity contribution in [3.8, 4) is 0 Å². The zero-order valence-electron chi connectivity index (χ0n) is 12.0. The summed E-state index contributed by atoms with van der Waals surface area (Å²) in [6.07, 6.45) is -0.802. The van der Waals surface area contributed by atoms with E-state index in [4.69, 9.17) is 4.74 Å². The van der Waals surface area contributed by atoms with Crippen LogP contribution in [0.15, 0.2) is 29.2 Å². The molecule has 1 saturated heterocycles. The van der Waals surface area contributed by atoms with Gasteiger partial charge in [-0.05, 0) is 26.0 Å². The van der Waals surface area contributed by atoms with Gasteiger partial charge in [-0.3, -0.25) is 4.79 Å². The maximum Gasteiger partial charge on any atom is 0.324 e. The molecule has 0 saturated carbocycles. The van der Waals surface area contributed by atoms with Crippen LogP contribution in [-0.4, -0.2) is 49.1 Å². The number of benzene rings is 1. The first-order chi connectivity index (χ1) is 9.86. The largest absolute Gasteiger partial charge is 0.465 e. The number of hydrogen-bond donors (Lipinski definition) is 1. The van der Waals surface area contributed by atoms with Crippen LogP contribution in [0.5, 0.6) is 0 Å². The number of hydrogen-bond acceptors (Lipinski definition) is 5. The lowest BCUT2D eigenvalue weighted by atomic mass is 10.2. The Balaban J connectivity index is 2.33. The van der Waals surface area contributed by atoms with Gasteiger partial charge in [-0.1, -0.05) is 17.7 Å². The van der Waals surface area contributed by atoms with Gasteiger partial charge in [0.2, 0.25) is 10.0 Å². The number of β-amino-alcohol motifs (C(OH)–C–C–N with tert-alkyl or cyclic N) is 1. The van der Waals surface area contributed by atoms with Crippen LogP contribution < -0.4 is 0 Å². The van der Waals surface area contributed by atoms with Gasteiger partial charge >= 0.3 is 5.97 Å². The predicted octanol–water partition coefficient (Wildman–Crippen LogP) is 0.682. The molecule has 2 rings (SSSR count). The van der Waals surface area contributed by atoms with Crippen LogP contribution in [-0.2, 0) is 19.6 Å². The van der Waals surface area contributed by atoms with Crippen molar-refractivity contribution in [2.75, 3.05) is 13.2 Å². The maximum atomic E-state index is 12.6. The second kappa shape index (κ2) is 6.13. The van der Waals surface area contributed by atoms with Crippen molar-refractivity contribution in [1.29, 1.82) is 0 Å². The zero-order chi connectivity index (χ0) is 15.6. The van der Waals surface area contributed by atoms with Gasteiger partial charge < -0.3 is 9.84 Å². The molecule has 1 aliphatic heterocycles. The van der Waals surface area contributed by atoms with E-state index < -0.39 is 28.1 Å². The molecule has 1 heterocycles. The molecular weight excluding hydrogens is 294 g/mol. The van der Waals surface area contributed by atoms with E-state index in [1.807, 2.05) is 6.92 Å². The smallest absolute Gasteiger partial charge is 0.324 e.